The molecule has 1 atom stereocenters. The molecule has 7 nitrogen and oxygen atoms in total. The van der Waals surface area contributed by atoms with Crippen LogP contribution in [0.15, 0.2) is 24.5 Å². The smallest absolute Gasteiger partial charge is 0.273 e. The number of benzene rings is 1. The van der Waals surface area contributed by atoms with Crippen molar-refractivity contribution in [1.82, 2.24) is 20.1 Å². The van der Waals surface area contributed by atoms with Gasteiger partial charge in [-0.2, -0.15) is 0 Å². The highest BCUT2D eigenvalue weighted by molar-refractivity contribution is 6.30. The highest BCUT2D eigenvalue weighted by Crippen LogP contribution is 2.23. The zero-order valence-electron chi connectivity index (χ0n) is 11.1. The largest absolute Gasteiger partial charge is 0.319 e. The molecule has 0 aliphatic heterocycles. The molecule has 0 aliphatic carbocycles. The number of hydrogen-bond donors (Lipinski definition) is 1. The van der Waals surface area contributed by atoms with Crippen molar-refractivity contribution in [2.75, 3.05) is 0 Å². The quantitative estimate of drug-likeness (QED) is 0.675. The maximum atomic E-state index is 11.0. The van der Waals surface area contributed by atoms with Crippen molar-refractivity contribution >= 4 is 17.3 Å². The van der Waals surface area contributed by atoms with E-state index in [2.05, 4.69) is 15.5 Å². The van der Waals surface area contributed by atoms with Gasteiger partial charge in [0, 0.05) is 30.2 Å². The van der Waals surface area contributed by atoms with Crippen molar-refractivity contribution in [2.45, 2.75) is 19.5 Å². The monoisotopic (exact) mass is 295 g/mol. The molecular formula is C12H14ClN5O2. The second-order valence-corrected chi connectivity index (χ2v) is 4.87. The summed E-state index contributed by atoms with van der Waals surface area (Å²) in [4.78, 5) is 10.6. The van der Waals surface area contributed by atoms with E-state index < -0.39 is 4.92 Å². The molecule has 0 saturated carbocycles. The summed E-state index contributed by atoms with van der Waals surface area (Å²) in [5.74, 6) is 0.759. The highest BCUT2D eigenvalue weighted by atomic mass is 35.5. The lowest BCUT2D eigenvalue weighted by molar-refractivity contribution is -0.385. The Morgan fingerprint density at radius 1 is 1.55 bits per heavy atom. The van der Waals surface area contributed by atoms with E-state index in [1.54, 1.807) is 17.0 Å². The molecule has 106 valence electrons. The summed E-state index contributed by atoms with van der Waals surface area (Å²) in [6, 6.07) is 4.43. The molecule has 0 bridgehead atoms. The van der Waals surface area contributed by atoms with Crippen molar-refractivity contribution in [1.29, 1.82) is 0 Å². The van der Waals surface area contributed by atoms with Gasteiger partial charge in [0.1, 0.15) is 12.2 Å². The van der Waals surface area contributed by atoms with E-state index in [0.717, 1.165) is 5.82 Å². The molecule has 0 fully saturated rings. The van der Waals surface area contributed by atoms with Crippen LogP contribution in [0.5, 0.6) is 0 Å². The van der Waals surface area contributed by atoms with E-state index in [1.165, 1.54) is 12.1 Å². The molecule has 0 spiro atoms. The molecule has 1 heterocycles. The van der Waals surface area contributed by atoms with Crippen LogP contribution in [0.25, 0.3) is 0 Å². The lowest BCUT2D eigenvalue weighted by atomic mass is 10.1. The van der Waals surface area contributed by atoms with Gasteiger partial charge in [-0.25, -0.2) is 0 Å². The maximum Gasteiger partial charge on any atom is 0.273 e. The first-order chi connectivity index (χ1) is 9.49. The number of aryl methyl sites for hydroxylation is 1. The minimum absolute atomic E-state index is 0.0482. The maximum absolute atomic E-state index is 11.0. The minimum Gasteiger partial charge on any atom is -0.319 e. The van der Waals surface area contributed by atoms with Crippen LogP contribution in [0.3, 0.4) is 0 Å². The molecular weight excluding hydrogens is 282 g/mol. The Labute approximate surface area is 120 Å². The molecule has 2 aromatic rings. The third-order valence-electron chi connectivity index (χ3n) is 2.97. The van der Waals surface area contributed by atoms with Gasteiger partial charge in [0.15, 0.2) is 0 Å². The number of rotatable bonds is 5. The third kappa shape index (κ3) is 3.12. The van der Waals surface area contributed by atoms with Gasteiger partial charge in [-0.05, 0) is 19.1 Å². The average Bonchev–Trinajstić information content (AvgIpc) is 2.82. The summed E-state index contributed by atoms with van der Waals surface area (Å²) in [5, 5.41) is 22.4. The number of halogens is 1. The molecule has 1 aromatic heterocycles. The van der Waals surface area contributed by atoms with Gasteiger partial charge in [-0.1, -0.05) is 11.6 Å². The Morgan fingerprint density at radius 2 is 2.30 bits per heavy atom. The molecule has 0 amide bonds. The topological polar surface area (TPSA) is 85.9 Å². The Hall–Kier alpha value is -1.99. The zero-order valence-corrected chi connectivity index (χ0v) is 11.8. The number of aromatic nitrogens is 3. The first kappa shape index (κ1) is 14.4. The van der Waals surface area contributed by atoms with Crippen molar-refractivity contribution in [3.05, 3.63) is 51.1 Å². The number of hydrogen-bond acceptors (Lipinski definition) is 5. The summed E-state index contributed by atoms with van der Waals surface area (Å²) in [6.07, 6.45) is 1.61. The van der Waals surface area contributed by atoms with Crippen LogP contribution in [0.4, 0.5) is 5.69 Å². The van der Waals surface area contributed by atoms with Crippen LogP contribution in [0, 0.1) is 10.1 Å². The first-order valence-corrected chi connectivity index (χ1v) is 6.37. The molecule has 8 heteroatoms. The molecule has 0 aliphatic rings. The van der Waals surface area contributed by atoms with Crippen LogP contribution in [0.2, 0.25) is 5.02 Å². The fourth-order valence-corrected chi connectivity index (χ4v) is 2.11. The van der Waals surface area contributed by atoms with Gasteiger partial charge in [0.2, 0.25) is 0 Å². The Morgan fingerprint density at radius 3 is 2.90 bits per heavy atom. The zero-order chi connectivity index (χ0) is 14.7. The van der Waals surface area contributed by atoms with Gasteiger partial charge >= 0.3 is 0 Å². The molecule has 1 aromatic carbocycles. The number of nitrogens with zero attached hydrogens (tertiary/aromatic N) is 4. The minimum atomic E-state index is -0.416. The second-order valence-electron chi connectivity index (χ2n) is 4.43. The summed E-state index contributed by atoms with van der Waals surface area (Å²) in [5.41, 5.74) is 0.587. The van der Waals surface area contributed by atoms with Crippen molar-refractivity contribution in [3.8, 4) is 0 Å². The molecule has 0 radical (unpaired) electrons. The van der Waals surface area contributed by atoms with Crippen LogP contribution in [0.1, 0.15) is 24.4 Å². The number of nitro groups is 1. The van der Waals surface area contributed by atoms with E-state index in [0.29, 0.717) is 17.1 Å². The Balaban J connectivity index is 2.13. The molecule has 20 heavy (non-hydrogen) atoms. The molecule has 0 saturated heterocycles. The summed E-state index contributed by atoms with van der Waals surface area (Å²) >= 11 is 5.88. The van der Waals surface area contributed by atoms with E-state index in [9.17, 15) is 10.1 Å². The van der Waals surface area contributed by atoms with Crippen molar-refractivity contribution in [3.63, 3.8) is 0 Å². The predicted octanol–water partition coefficient (Wildman–Crippen LogP) is 2.23. The average molecular weight is 296 g/mol. The van der Waals surface area contributed by atoms with Gasteiger partial charge < -0.3 is 9.88 Å². The van der Waals surface area contributed by atoms with E-state index in [4.69, 9.17) is 11.6 Å². The third-order valence-corrected chi connectivity index (χ3v) is 3.21. The predicted molar refractivity (Wildman–Crippen MR) is 74.4 cm³/mol. The van der Waals surface area contributed by atoms with E-state index >= 15 is 0 Å². The second kappa shape index (κ2) is 5.98. The van der Waals surface area contributed by atoms with E-state index in [1.807, 2.05) is 14.0 Å². The van der Waals surface area contributed by atoms with Gasteiger partial charge in [-0.15, -0.1) is 10.2 Å². The van der Waals surface area contributed by atoms with Crippen molar-refractivity contribution < 1.29 is 4.92 Å². The normalized spacial score (nSPS) is 12.3. The van der Waals surface area contributed by atoms with Gasteiger partial charge in [0.05, 0.1) is 11.0 Å². The van der Waals surface area contributed by atoms with Gasteiger partial charge in [0.25, 0.3) is 5.69 Å². The standard InChI is InChI=1S/C12H14ClN5O2/c1-8(12-16-15-7-17(12)2)14-6-9-5-10(13)3-4-11(9)18(19)20/h3-5,7-8,14H,6H2,1-2H3. The summed E-state index contributed by atoms with van der Waals surface area (Å²) in [6.45, 7) is 2.24. The SMILES string of the molecule is CC(NCc1cc(Cl)ccc1[N+](=O)[O-])c1nncn1C. The first-order valence-electron chi connectivity index (χ1n) is 5.99. The van der Waals surface area contributed by atoms with Gasteiger partial charge in [-0.3, -0.25) is 10.1 Å². The van der Waals surface area contributed by atoms with Crippen LogP contribution in [-0.2, 0) is 13.6 Å². The molecule has 1 unspecified atom stereocenters. The molecule has 1 N–H and O–H groups in total. The fraction of sp³-hybridized carbons (Fsp3) is 0.333. The Kier molecular flexibility index (Phi) is 4.31. The highest BCUT2D eigenvalue weighted by Gasteiger charge is 2.16. The summed E-state index contributed by atoms with van der Waals surface area (Å²) in [7, 11) is 1.84. The van der Waals surface area contributed by atoms with Crippen LogP contribution >= 0.6 is 11.6 Å². The lowest BCUT2D eigenvalue weighted by Crippen LogP contribution is -2.21. The Bertz CT molecular complexity index is 628. The number of nitrogens with one attached hydrogen (secondary N) is 1. The van der Waals surface area contributed by atoms with Crippen LogP contribution in [-0.4, -0.2) is 19.7 Å². The summed E-state index contributed by atoms with van der Waals surface area (Å²) < 4.78 is 1.80. The van der Waals surface area contributed by atoms with Crippen LogP contribution < -0.4 is 5.32 Å². The lowest BCUT2D eigenvalue weighted by Gasteiger charge is -2.13. The fourth-order valence-electron chi connectivity index (χ4n) is 1.91. The van der Waals surface area contributed by atoms with Crippen molar-refractivity contribution in [2.24, 2.45) is 7.05 Å². The van der Waals surface area contributed by atoms with E-state index in [-0.39, 0.29) is 11.7 Å². The molecule has 2 rings (SSSR count). The number of nitro benzene ring substituents is 1.